The van der Waals surface area contributed by atoms with E-state index < -0.39 is 6.04 Å². The molecule has 0 radical (unpaired) electrons. The molecule has 1 unspecified atom stereocenters. The highest BCUT2D eigenvalue weighted by Crippen LogP contribution is 2.05. The van der Waals surface area contributed by atoms with Gasteiger partial charge in [0.25, 0.3) is 0 Å². The summed E-state index contributed by atoms with van der Waals surface area (Å²) >= 11 is 0. The molecule has 2 N–H and O–H groups in total. The van der Waals surface area contributed by atoms with Crippen molar-refractivity contribution in [2.45, 2.75) is 32.2 Å². The van der Waals surface area contributed by atoms with E-state index in [2.05, 4.69) is 12.0 Å². The summed E-state index contributed by atoms with van der Waals surface area (Å²) in [5.74, 6) is -0.0564. The Labute approximate surface area is 84.1 Å². The first-order chi connectivity index (χ1) is 6.65. The molecule has 78 valence electrons. The number of nitrogens with two attached hydrogens (primary N) is 1. The molecule has 1 atom stereocenters. The molecule has 0 saturated heterocycles. The van der Waals surface area contributed by atoms with Gasteiger partial charge in [-0.15, -0.1) is 0 Å². The van der Waals surface area contributed by atoms with Gasteiger partial charge >= 0.3 is 0 Å². The number of nitrogens with zero attached hydrogens (tertiary/aromatic N) is 2. The van der Waals surface area contributed by atoms with Crippen molar-refractivity contribution in [1.82, 2.24) is 9.78 Å². The van der Waals surface area contributed by atoms with Crippen LogP contribution >= 0.6 is 0 Å². The van der Waals surface area contributed by atoms with Crippen LogP contribution in [0.1, 0.15) is 36.7 Å². The number of Topliss-reactive ketones (excluding diaryl/α,β-unsaturated/α-hetero) is 1. The third kappa shape index (κ3) is 2.67. The van der Waals surface area contributed by atoms with Gasteiger partial charge in [0, 0.05) is 13.2 Å². The van der Waals surface area contributed by atoms with Gasteiger partial charge in [-0.3, -0.25) is 9.48 Å². The number of aryl methyl sites for hydroxylation is 1. The number of carbonyl (C=O) groups excluding carboxylic acids is 1. The minimum Gasteiger partial charge on any atom is -0.321 e. The summed E-state index contributed by atoms with van der Waals surface area (Å²) in [5.41, 5.74) is 6.21. The lowest BCUT2D eigenvalue weighted by molar-refractivity contribution is 0.0950. The largest absolute Gasteiger partial charge is 0.321 e. The van der Waals surface area contributed by atoms with Crippen molar-refractivity contribution < 1.29 is 4.79 Å². The Morgan fingerprint density at radius 2 is 2.43 bits per heavy atom. The highest BCUT2D eigenvalue weighted by Gasteiger charge is 2.16. The van der Waals surface area contributed by atoms with E-state index in [1.165, 1.54) is 0 Å². The summed E-state index contributed by atoms with van der Waals surface area (Å²) in [5, 5.41) is 4.03. The highest BCUT2D eigenvalue weighted by molar-refractivity contribution is 5.98. The Hall–Kier alpha value is -1.16. The van der Waals surface area contributed by atoms with Crippen molar-refractivity contribution in [3.05, 3.63) is 18.0 Å². The van der Waals surface area contributed by atoms with Crippen molar-refractivity contribution in [2.24, 2.45) is 12.8 Å². The maximum Gasteiger partial charge on any atom is 0.199 e. The average Bonchev–Trinajstić information content (AvgIpc) is 2.60. The van der Waals surface area contributed by atoms with Gasteiger partial charge in [-0.1, -0.05) is 19.8 Å². The van der Waals surface area contributed by atoms with Gasteiger partial charge in [0.05, 0.1) is 6.04 Å². The van der Waals surface area contributed by atoms with Crippen molar-refractivity contribution >= 4 is 5.78 Å². The third-order valence-corrected chi connectivity index (χ3v) is 2.17. The van der Waals surface area contributed by atoms with E-state index in [0.717, 1.165) is 19.3 Å². The van der Waals surface area contributed by atoms with E-state index in [4.69, 9.17) is 5.73 Å². The van der Waals surface area contributed by atoms with Crippen LogP contribution in [0.3, 0.4) is 0 Å². The smallest absolute Gasteiger partial charge is 0.199 e. The minimum atomic E-state index is -0.398. The van der Waals surface area contributed by atoms with Crippen LogP contribution in [0.2, 0.25) is 0 Å². The number of aromatic nitrogens is 2. The number of hydrogen-bond acceptors (Lipinski definition) is 3. The molecular weight excluding hydrogens is 178 g/mol. The SMILES string of the molecule is CCCCC(N)C(=O)c1ccn(C)n1. The second-order valence-corrected chi connectivity index (χ2v) is 3.49. The van der Waals surface area contributed by atoms with Crippen LogP contribution in [0.5, 0.6) is 0 Å². The molecule has 0 bridgehead atoms. The van der Waals surface area contributed by atoms with Gasteiger partial charge in [0.15, 0.2) is 5.78 Å². The summed E-state index contributed by atoms with van der Waals surface area (Å²) in [6.07, 6.45) is 4.54. The monoisotopic (exact) mass is 195 g/mol. The first kappa shape index (κ1) is 10.9. The quantitative estimate of drug-likeness (QED) is 0.716. The molecule has 1 aromatic heterocycles. The van der Waals surface area contributed by atoms with E-state index in [0.29, 0.717) is 5.69 Å². The van der Waals surface area contributed by atoms with Crippen LogP contribution in [0, 0.1) is 0 Å². The van der Waals surface area contributed by atoms with E-state index >= 15 is 0 Å². The van der Waals surface area contributed by atoms with Crippen molar-refractivity contribution in [2.75, 3.05) is 0 Å². The number of rotatable bonds is 5. The third-order valence-electron chi connectivity index (χ3n) is 2.17. The van der Waals surface area contributed by atoms with Crippen LogP contribution < -0.4 is 5.73 Å². The molecule has 0 aliphatic rings. The molecule has 0 spiro atoms. The summed E-state index contributed by atoms with van der Waals surface area (Å²) in [6.45, 7) is 2.08. The Bertz CT molecular complexity index is 306. The molecule has 0 amide bonds. The average molecular weight is 195 g/mol. The second kappa shape index (κ2) is 4.91. The molecule has 0 aliphatic heterocycles. The zero-order valence-corrected chi connectivity index (χ0v) is 8.73. The van der Waals surface area contributed by atoms with E-state index in [1.54, 1.807) is 24.0 Å². The van der Waals surface area contributed by atoms with Crippen molar-refractivity contribution in [3.63, 3.8) is 0 Å². The number of hydrogen-bond donors (Lipinski definition) is 1. The fourth-order valence-electron chi connectivity index (χ4n) is 1.29. The summed E-state index contributed by atoms with van der Waals surface area (Å²) in [7, 11) is 1.79. The lowest BCUT2D eigenvalue weighted by Crippen LogP contribution is -2.30. The highest BCUT2D eigenvalue weighted by atomic mass is 16.1. The summed E-state index contributed by atoms with van der Waals surface area (Å²) in [4.78, 5) is 11.7. The molecule has 0 aromatic carbocycles. The van der Waals surface area contributed by atoms with Gasteiger partial charge < -0.3 is 5.73 Å². The van der Waals surface area contributed by atoms with Gasteiger partial charge in [0.2, 0.25) is 0 Å². The van der Waals surface area contributed by atoms with Crippen molar-refractivity contribution in [1.29, 1.82) is 0 Å². The molecule has 1 aromatic rings. The van der Waals surface area contributed by atoms with Gasteiger partial charge in [-0.25, -0.2) is 0 Å². The zero-order valence-electron chi connectivity index (χ0n) is 8.73. The van der Waals surface area contributed by atoms with Crippen LogP contribution in [0.15, 0.2) is 12.3 Å². The molecule has 4 nitrogen and oxygen atoms in total. The van der Waals surface area contributed by atoms with E-state index in [-0.39, 0.29) is 5.78 Å². The first-order valence-corrected chi connectivity index (χ1v) is 4.94. The Morgan fingerprint density at radius 1 is 1.71 bits per heavy atom. The van der Waals surface area contributed by atoms with E-state index in [9.17, 15) is 4.79 Å². The van der Waals surface area contributed by atoms with Crippen LogP contribution in [0.25, 0.3) is 0 Å². The Balaban J connectivity index is 2.56. The molecule has 0 saturated carbocycles. The zero-order chi connectivity index (χ0) is 10.6. The standard InChI is InChI=1S/C10H17N3O/c1-3-4-5-8(11)10(14)9-6-7-13(2)12-9/h6-8H,3-5,11H2,1-2H3. The molecule has 1 heterocycles. The van der Waals surface area contributed by atoms with E-state index in [1.807, 2.05) is 0 Å². The number of carbonyl (C=O) groups is 1. The Morgan fingerprint density at radius 3 is 2.93 bits per heavy atom. The fraction of sp³-hybridized carbons (Fsp3) is 0.600. The van der Waals surface area contributed by atoms with Crippen LogP contribution in [-0.4, -0.2) is 21.6 Å². The minimum absolute atomic E-state index is 0.0564. The molecule has 0 fully saturated rings. The maximum absolute atomic E-state index is 11.7. The second-order valence-electron chi connectivity index (χ2n) is 3.49. The van der Waals surface area contributed by atoms with Crippen LogP contribution in [-0.2, 0) is 7.05 Å². The summed E-state index contributed by atoms with van der Waals surface area (Å²) in [6, 6.07) is 1.30. The molecule has 4 heteroatoms. The van der Waals surface area contributed by atoms with Gasteiger partial charge in [-0.05, 0) is 12.5 Å². The van der Waals surface area contributed by atoms with Crippen LogP contribution in [0.4, 0.5) is 0 Å². The normalized spacial score (nSPS) is 12.8. The number of unbranched alkanes of at least 4 members (excludes halogenated alkanes) is 1. The fourth-order valence-corrected chi connectivity index (χ4v) is 1.29. The number of ketones is 1. The summed E-state index contributed by atoms with van der Waals surface area (Å²) < 4.78 is 1.61. The van der Waals surface area contributed by atoms with Crippen molar-refractivity contribution in [3.8, 4) is 0 Å². The molecule has 0 aliphatic carbocycles. The Kier molecular flexibility index (Phi) is 3.83. The first-order valence-electron chi connectivity index (χ1n) is 4.94. The molecule has 1 rings (SSSR count). The predicted octanol–water partition coefficient (Wildman–Crippen LogP) is 1.12. The molecule has 14 heavy (non-hydrogen) atoms. The lowest BCUT2D eigenvalue weighted by Gasteiger charge is -2.06. The topological polar surface area (TPSA) is 60.9 Å². The van der Waals surface area contributed by atoms with Gasteiger partial charge in [0.1, 0.15) is 5.69 Å². The predicted molar refractivity (Wildman–Crippen MR) is 55.0 cm³/mol. The van der Waals surface area contributed by atoms with Gasteiger partial charge in [-0.2, -0.15) is 5.10 Å². The maximum atomic E-state index is 11.7. The lowest BCUT2D eigenvalue weighted by atomic mass is 10.0. The molecular formula is C10H17N3O.